The third-order valence-corrected chi connectivity index (χ3v) is 2.47. The van der Waals surface area contributed by atoms with E-state index in [9.17, 15) is 5.11 Å². The highest BCUT2D eigenvalue weighted by Gasteiger charge is 2.38. The highest BCUT2D eigenvalue weighted by atomic mass is 16.3. The van der Waals surface area contributed by atoms with E-state index < -0.39 is 6.10 Å². The zero-order valence-electron chi connectivity index (χ0n) is 5.80. The lowest BCUT2D eigenvalue weighted by molar-refractivity contribution is -0.0503. The molecule has 0 heterocycles. The molecule has 0 saturated heterocycles. The average molecular weight is 130 g/mol. The Bertz CT molecular complexity index is 97.1. The smallest absolute Gasteiger partial charge is 0.0824 e. The Morgan fingerprint density at radius 2 is 2.11 bits per heavy atom. The van der Waals surface area contributed by atoms with E-state index >= 15 is 0 Å². The van der Waals surface area contributed by atoms with Gasteiger partial charge in [-0.25, -0.2) is 0 Å². The molecule has 0 aromatic carbocycles. The van der Waals surface area contributed by atoms with Gasteiger partial charge in [0.1, 0.15) is 0 Å². The predicted molar refractivity (Wildman–Crippen MR) is 35.1 cm³/mol. The van der Waals surface area contributed by atoms with Crippen LogP contribution < -0.4 is 0 Å². The molecule has 0 spiro atoms. The number of rotatable bonds is 2. The SMILES string of the molecule is CC1(C(O)CO)CCC1. The van der Waals surface area contributed by atoms with Crippen LogP contribution in [0.4, 0.5) is 0 Å². The van der Waals surface area contributed by atoms with Crippen molar-refractivity contribution in [2.45, 2.75) is 32.3 Å². The van der Waals surface area contributed by atoms with E-state index in [-0.39, 0.29) is 12.0 Å². The zero-order valence-corrected chi connectivity index (χ0v) is 5.80. The predicted octanol–water partition coefficient (Wildman–Crippen LogP) is 0.530. The number of aliphatic hydroxyl groups excluding tert-OH is 2. The molecule has 1 aliphatic carbocycles. The summed E-state index contributed by atoms with van der Waals surface area (Å²) in [6.45, 7) is 1.94. The first kappa shape index (κ1) is 7.03. The van der Waals surface area contributed by atoms with Gasteiger partial charge in [0.25, 0.3) is 0 Å². The highest BCUT2D eigenvalue weighted by Crippen LogP contribution is 2.42. The van der Waals surface area contributed by atoms with Crippen LogP contribution in [0.2, 0.25) is 0 Å². The van der Waals surface area contributed by atoms with E-state index in [1.807, 2.05) is 6.92 Å². The summed E-state index contributed by atoms with van der Waals surface area (Å²) in [6.07, 6.45) is 2.84. The molecule has 1 rings (SSSR count). The molecule has 2 heteroatoms. The molecule has 1 atom stereocenters. The van der Waals surface area contributed by atoms with Crippen LogP contribution in [-0.4, -0.2) is 22.9 Å². The van der Waals surface area contributed by atoms with Crippen molar-refractivity contribution < 1.29 is 10.2 Å². The monoisotopic (exact) mass is 130 g/mol. The Morgan fingerprint density at radius 1 is 1.56 bits per heavy atom. The topological polar surface area (TPSA) is 40.5 Å². The normalized spacial score (nSPS) is 27.0. The number of hydrogen-bond donors (Lipinski definition) is 2. The summed E-state index contributed by atoms with van der Waals surface area (Å²) in [7, 11) is 0. The standard InChI is InChI=1S/C7H14O2/c1-7(3-2-4-7)6(9)5-8/h6,8-9H,2-5H2,1H3. The van der Waals surface area contributed by atoms with Gasteiger partial charge in [-0.15, -0.1) is 0 Å². The maximum Gasteiger partial charge on any atom is 0.0824 e. The zero-order chi connectivity index (χ0) is 6.91. The summed E-state index contributed by atoms with van der Waals surface area (Å²) in [6, 6.07) is 0. The molecule has 0 aromatic rings. The van der Waals surface area contributed by atoms with Crippen molar-refractivity contribution in [3.63, 3.8) is 0 Å². The lowest BCUT2D eigenvalue weighted by Gasteiger charge is -2.41. The summed E-state index contributed by atoms with van der Waals surface area (Å²) in [5.41, 5.74) is 0.0365. The van der Waals surface area contributed by atoms with Gasteiger partial charge in [-0.3, -0.25) is 0 Å². The van der Waals surface area contributed by atoms with Gasteiger partial charge < -0.3 is 10.2 Å². The van der Waals surface area contributed by atoms with Crippen molar-refractivity contribution in [3.8, 4) is 0 Å². The van der Waals surface area contributed by atoms with Gasteiger partial charge in [0.05, 0.1) is 12.7 Å². The fraction of sp³-hybridized carbons (Fsp3) is 1.00. The second-order valence-corrected chi connectivity index (χ2v) is 3.21. The number of aliphatic hydroxyl groups is 2. The van der Waals surface area contributed by atoms with Crippen LogP contribution in [0.5, 0.6) is 0 Å². The van der Waals surface area contributed by atoms with Crippen molar-refractivity contribution in [1.29, 1.82) is 0 Å². The van der Waals surface area contributed by atoms with Crippen molar-refractivity contribution >= 4 is 0 Å². The molecular weight excluding hydrogens is 116 g/mol. The van der Waals surface area contributed by atoms with E-state index in [2.05, 4.69) is 0 Å². The van der Waals surface area contributed by atoms with Crippen molar-refractivity contribution in [3.05, 3.63) is 0 Å². The summed E-state index contributed by atoms with van der Waals surface area (Å²) >= 11 is 0. The minimum Gasteiger partial charge on any atom is -0.394 e. The second-order valence-electron chi connectivity index (χ2n) is 3.21. The van der Waals surface area contributed by atoms with Gasteiger partial charge in [-0.1, -0.05) is 13.3 Å². The molecule has 1 saturated carbocycles. The summed E-state index contributed by atoms with van der Waals surface area (Å²) in [5.74, 6) is 0. The first-order valence-electron chi connectivity index (χ1n) is 3.48. The minimum absolute atomic E-state index is 0.0365. The van der Waals surface area contributed by atoms with E-state index in [4.69, 9.17) is 5.11 Å². The molecule has 0 bridgehead atoms. The molecule has 1 unspecified atom stereocenters. The van der Waals surface area contributed by atoms with Gasteiger partial charge >= 0.3 is 0 Å². The second kappa shape index (κ2) is 2.27. The molecule has 2 nitrogen and oxygen atoms in total. The molecule has 0 radical (unpaired) electrons. The van der Waals surface area contributed by atoms with Gasteiger partial charge in [0, 0.05) is 0 Å². The molecule has 0 amide bonds. The molecule has 54 valence electrons. The quantitative estimate of drug-likeness (QED) is 0.572. The largest absolute Gasteiger partial charge is 0.394 e. The Labute approximate surface area is 55.5 Å². The van der Waals surface area contributed by atoms with Crippen LogP contribution in [0.1, 0.15) is 26.2 Å². The van der Waals surface area contributed by atoms with Crippen molar-refractivity contribution in [2.24, 2.45) is 5.41 Å². The van der Waals surface area contributed by atoms with E-state index in [0.29, 0.717) is 0 Å². The maximum absolute atomic E-state index is 9.19. The Balaban J connectivity index is 2.38. The fourth-order valence-electron chi connectivity index (χ4n) is 1.29. The Morgan fingerprint density at radius 3 is 2.22 bits per heavy atom. The fourth-order valence-corrected chi connectivity index (χ4v) is 1.29. The van der Waals surface area contributed by atoms with Gasteiger partial charge in [-0.05, 0) is 18.3 Å². The molecule has 1 fully saturated rings. The first-order chi connectivity index (χ1) is 4.19. The highest BCUT2D eigenvalue weighted by molar-refractivity contribution is 4.89. The molecule has 1 aliphatic rings. The lowest BCUT2D eigenvalue weighted by Crippen LogP contribution is -2.40. The molecule has 9 heavy (non-hydrogen) atoms. The van der Waals surface area contributed by atoms with Gasteiger partial charge in [0.2, 0.25) is 0 Å². The van der Waals surface area contributed by atoms with Crippen LogP contribution in [0.3, 0.4) is 0 Å². The van der Waals surface area contributed by atoms with E-state index in [1.165, 1.54) is 6.42 Å². The van der Waals surface area contributed by atoms with E-state index in [0.717, 1.165) is 12.8 Å². The molecule has 0 aliphatic heterocycles. The van der Waals surface area contributed by atoms with Crippen molar-refractivity contribution in [2.75, 3.05) is 6.61 Å². The number of hydrogen-bond acceptors (Lipinski definition) is 2. The Kier molecular flexibility index (Phi) is 1.78. The summed E-state index contributed by atoms with van der Waals surface area (Å²) < 4.78 is 0. The van der Waals surface area contributed by atoms with Crippen LogP contribution in [-0.2, 0) is 0 Å². The molecule has 0 aromatic heterocycles. The first-order valence-corrected chi connectivity index (χ1v) is 3.48. The van der Waals surface area contributed by atoms with Crippen LogP contribution >= 0.6 is 0 Å². The lowest BCUT2D eigenvalue weighted by atomic mass is 9.67. The third-order valence-electron chi connectivity index (χ3n) is 2.47. The third kappa shape index (κ3) is 1.10. The van der Waals surface area contributed by atoms with Gasteiger partial charge in [-0.2, -0.15) is 0 Å². The Hall–Kier alpha value is -0.0800. The molecule has 2 N–H and O–H groups in total. The summed E-state index contributed by atoms with van der Waals surface area (Å²) in [4.78, 5) is 0. The van der Waals surface area contributed by atoms with Crippen LogP contribution in [0.15, 0.2) is 0 Å². The van der Waals surface area contributed by atoms with E-state index in [1.54, 1.807) is 0 Å². The van der Waals surface area contributed by atoms with Gasteiger partial charge in [0.15, 0.2) is 0 Å². The van der Waals surface area contributed by atoms with Crippen molar-refractivity contribution in [1.82, 2.24) is 0 Å². The summed E-state index contributed by atoms with van der Waals surface area (Å²) in [5, 5.41) is 17.8. The molecular formula is C7H14O2. The average Bonchev–Trinajstić information content (AvgIpc) is 1.81. The maximum atomic E-state index is 9.19. The van der Waals surface area contributed by atoms with Crippen LogP contribution in [0.25, 0.3) is 0 Å². The minimum atomic E-state index is -0.494. The van der Waals surface area contributed by atoms with Crippen LogP contribution in [0, 0.1) is 5.41 Å².